The minimum absolute atomic E-state index is 0.0833. The number of aldehydes is 1. The van der Waals surface area contributed by atoms with E-state index >= 15 is 0 Å². The van der Waals surface area contributed by atoms with Crippen molar-refractivity contribution in [3.05, 3.63) is 89.1 Å². The minimum atomic E-state index is -1.05. The molecule has 18 heteroatoms. The van der Waals surface area contributed by atoms with Gasteiger partial charge in [0.15, 0.2) is 0 Å². The molecule has 0 spiro atoms. The molecule has 63 heavy (non-hydrogen) atoms. The first-order valence-electron chi connectivity index (χ1n) is 21.1. The quantitative estimate of drug-likeness (QED) is 0.0318. The van der Waals surface area contributed by atoms with Crippen molar-refractivity contribution in [3.63, 3.8) is 0 Å². The van der Waals surface area contributed by atoms with Gasteiger partial charge in [0.25, 0.3) is 6.21 Å². The molecule has 352 valence electrons. The smallest absolute Gasteiger partial charge is 0.396 e. The molecule has 1 saturated carbocycles. The van der Waals surface area contributed by atoms with Crippen LogP contribution >= 0.6 is 0 Å². The molecule has 3 N–H and O–H groups in total. The number of likely N-dealkylation sites (N-methyl/N-ethyl adjacent to an activating group) is 1. The number of nitrogens with one attached hydrogen (secondary N) is 1. The zero-order valence-corrected chi connectivity index (χ0v) is 37.7. The summed E-state index contributed by atoms with van der Waals surface area (Å²) < 4.78 is 14.2. The molecule has 2 aromatic rings. The number of carbonyl (C=O) groups excluding carboxylic acids is 5. The Morgan fingerprint density at radius 3 is 1.81 bits per heavy atom. The fourth-order valence-electron chi connectivity index (χ4n) is 7.09. The van der Waals surface area contributed by atoms with Crippen molar-refractivity contribution in [2.75, 3.05) is 67.1 Å². The van der Waals surface area contributed by atoms with E-state index in [-0.39, 0.29) is 42.8 Å². The van der Waals surface area contributed by atoms with Gasteiger partial charge in [0.1, 0.15) is 13.1 Å². The van der Waals surface area contributed by atoms with E-state index in [9.17, 15) is 39.4 Å². The van der Waals surface area contributed by atoms with Crippen LogP contribution in [0.5, 0.6) is 0 Å². The number of likely N-dealkylation sites (tertiary alicyclic amines) is 1. The van der Waals surface area contributed by atoms with Gasteiger partial charge in [0, 0.05) is 71.2 Å². The molecule has 0 unspecified atom stereocenters. The van der Waals surface area contributed by atoms with Crippen LogP contribution in [-0.4, -0.2) is 152 Å². The third kappa shape index (κ3) is 22.7. The lowest BCUT2D eigenvalue weighted by Gasteiger charge is -2.23. The van der Waals surface area contributed by atoms with Crippen molar-refractivity contribution in [3.8, 4) is 0 Å². The van der Waals surface area contributed by atoms with E-state index in [0.717, 1.165) is 64.7 Å². The fraction of sp³-hybridized carbons (Fsp3) is 0.556. The van der Waals surface area contributed by atoms with Crippen molar-refractivity contribution in [2.24, 2.45) is 17.8 Å². The molecular weight excluding hydrogens is 819 g/mol. The van der Waals surface area contributed by atoms with Crippen molar-refractivity contribution in [1.82, 2.24) is 20.3 Å². The zero-order chi connectivity index (χ0) is 47.2. The van der Waals surface area contributed by atoms with Crippen LogP contribution in [0.1, 0.15) is 58.1 Å². The molecule has 2 aromatic carbocycles. The predicted octanol–water partition coefficient (Wildman–Crippen LogP) is 1.99. The Morgan fingerprint density at radius 2 is 1.38 bits per heavy atom. The maximum atomic E-state index is 12.1. The average Bonchev–Trinajstić information content (AvgIpc) is 4.06. The maximum absolute atomic E-state index is 12.1. The van der Waals surface area contributed by atoms with Gasteiger partial charge in [-0.25, -0.2) is 19.8 Å². The summed E-state index contributed by atoms with van der Waals surface area (Å²) in [5, 5.41) is 38.8. The van der Waals surface area contributed by atoms with E-state index in [2.05, 4.69) is 86.0 Å². The van der Waals surface area contributed by atoms with Gasteiger partial charge < -0.3 is 39.6 Å². The highest BCUT2D eigenvalue weighted by atomic mass is 16.7. The topological polar surface area (TPSA) is 234 Å². The maximum Gasteiger partial charge on any atom is 0.396 e. The summed E-state index contributed by atoms with van der Waals surface area (Å²) in [7, 11) is 4.47. The van der Waals surface area contributed by atoms with Gasteiger partial charge in [0.05, 0.1) is 32.0 Å². The largest absolute Gasteiger partial charge is 0.624 e. The number of rotatable bonds is 12. The van der Waals surface area contributed by atoms with E-state index in [4.69, 9.17) is 14.8 Å². The van der Waals surface area contributed by atoms with Crippen molar-refractivity contribution >= 4 is 36.4 Å². The fourth-order valence-corrected chi connectivity index (χ4v) is 7.09. The number of carboxylic acids is 1. The van der Waals surface area contributed by atoms with Gasteiger partial charge in [-0.1, -0.05) is 86.2 Å². The molecule has 3 heterocycles. The number of fused-ring (bicyclic) bond motifs is 1. The van der Waals surface area contributed by atoms with E-state index in [1.165, 1.54) is 25.2 Å². The summed E-state index contributed by atoms with van der Waals surface area (Å²) in [5.74, 6) is -3.02. The molecule has 1 aliphatic carbocycles. The summed E-state index contributed by atoms with van der Waals surface area (Å²) in [6.07, 6.45) is 7.58. The van der Waals surface area contributed by atoms with Crippen molar-refractivity contribution in [1.29, 1.82) is 0 Å². The van der Waals surface area contributed by atoms with E-state index in [0.29, 0.717) is 18.0 Å². The SMILES string of the molecule is C1=CCN(Cc2ccccc2)C1.CCOC(=O)C=O.CCOC(=O)C=[N+](C)[O-].CCOC(=O)[C@@H]1[C@H]2CN(Cc3ccccc3)C[C@H]2ON1C.CNO.C[C@H](C(=O)[O-])[C@H]1CCC[C@H]1O. The molecule has 3 fully saturated rings. The number of aliphatic hydroxyl groups excluding tert-OH is 1. The number of esters is 3. The highest BCUT2D eigenvalue weighted by molar-refractivity contribution is 6.21. The first-order chi connectivity index (χ1) is 30.1. The van der Waals surface area contributed by atoms with Crippen molar-refractivity contribution < 1.29 is 63.2 Å². The third-order valence-electron chi connectivity index (χ3n) is 9.91. The first-order valence-corrected chi connectivity index (χ1v) is 21.1. The van der Waals surface area contributed by atoms with Crippen LogP contribution in [0.2, 0.25) is 0 Å². The Morgan fingerprint density at radius 1 is 0.873 bits per heavy atom. The Bertz CT molecular complexity index is 1660. The monoisotopic (exact) mass is 886 g/mol. The highest BCUT2D eigenvalue weighted by Crippen LogP contribution is 2.34. The van der Waals surface area contributed by atoms with E-state index in [1.54, 1.807) is 31.3 Å². The number of aliphatic hydroxyl groups is 1. The molecule has 18 nitrogen and oxygen atoms in total. The van der Waals surface area contributed by atoms with Gasteiger partial charge in [0.2, 0.25) is 6.29 Å². The molecule has 4 aliphatic rings. The van der Waals surface area contributed by atoms with E-state index < -0.39 is 29.9 Å². The second kappa shape index (κ2) is 32.6. The number of carboxylic acid groups (broad SMARTS) is 1. The number of ether oxygens (including phenoxy) is 3. The summed E-state index contributed by atoms with van der Waals surface area (Å²) in [5.41, 5.74) is 4.44. The summed E-state index contributed by atoms with van der Waals surface area (Å²) in [4.78, 5) is 62.7. The van der Waals surface area contributed by atoms with Crippen LogP contribution in [-0.2, 0) is 56.1 Å². The van der Waals surface area contributed by atoms with Gasteiger partial charge >= 0.3 is 17.9 Å². The summed E-state index contributed by atoms with van der Waals surface area (Å²) in [6, 6.07) is 20.7. The molecule has 0 bridgehead atoms. The van der Waals surface area contributed by atoms with Crippen LogP contribution < -0.4 is 10.6 Å². The lowest BCUT2D eigenvalue weighted by Crippen LogP contribution is -2.40. The summed E-state index contributed by atoms with van der Waals surface area (Å²) >= 11 is 0. The lowest BCUT2D eigenvalue weighted by molar-refractivity contribution is -0.417. The number of aliphatic carboxylic acids is 1. The number of hydroxylamine groups is 4. The number of hydrogen-bond donors (Lipinski definition) is 3. The first kappa shape index (κ1) is 55.9. The van der Waals surface area contributed by atoms with Crippen LogP contribution in [0.4, 0.5) is 0 Å². The van der Waals surface area contributed by atoms with Crippen LogP contribution in [0.25, 0.3) is 0 Å². The highest BCUT2D eigenvalue weighted by Gasteiger charge is 2.51. The van der Waals surface area contributed by atoms with E-state index in [1.807, 2.05) is 20.0 Å². The molecule has 6 atom stereocenters. The Balaban J connectivity index is 0.000000410. The van der Waals surface area contributed by atoms with Gasteiger partial charge in [-0.2, -0.15) is 5.06 Å². The second-order valence-corrected chi connectivity index (χ2v) is 14.7. The van der Waals surface area contributed by atoms with Gasteiger partial charge in [-0.05, 0) is 50.7 Å². The zero-order valence-electron chi connectivity index (χ0n) is 37.7. The number of nitrogens with zero attached hydrogens (tertiary/aromatic N) is 4. The lowest BCUT2D eigenvalue weighted by atomic mass is 9.91. The number of hydrogen-bond acceptors (Lipinski definition) is 17. The number of carbonyl (C=O) groups is 5. The van der Waals surface area contributed by atoms with Gasteiger partial charge in [-0.15, -0.1) is 0 Å². The molecule has 0 amide bonds. The second-order valence-electron chi connectivity index (χ2n) is 14.7. The summed E-state index contributed by atoms with van der Waals surface area (Å²) in [6.45, 7) is 13.6. The van der Waals surface area contributed by atoms with Gasteiger partial charge in [-0.3, -0.25) is 24.2 Å². The van der Waals surface area contributed by atoms with Crippen LogP contribution in [0.15, 0.2) is 72.8 Å². The normalized spacial score (nSPS) is 21.7. The Hall–Kier alpha value is -5.08. The molecule has 0 aromatic heterocycles. The predicted molar refractivity (Wildman–Crippen MR) is 232 cm³/mol. The standard InChI is InChI=1S/C16H22N2O3.C11H13N.C8H14O3.C5H9NO3.C4H6O3.CH5NO/c1-3-20-16(19)15-13-10-18(11-14(13)21-17(15)2)9-12-7-5-4-6-8-12;1-2-6-11(7-3-1)10-12-8-4-5-9-12;1-5(8(10)11)6-3-2-4-7(6)9;1-3-9-5(7)4-6(2)8;1-2-7-4(6)3-5;1-2-3/h4-8,13-15H,3,9-11H2,1-2H3;1-7H,8-10H2;5-7,9H,2-4H2,1H3,(H,10,11);4H,3H2,1-2H3;3H,2H2,1H3;2-3H,1H3/p-1/t13-,14+,15-;;5-,6+,7+;;;/m0.0.../s1. The van der Waals surface area contributed by atoms with Crippen molar-refractivity contribution in [2.45, 2.75) is 78.3 Å². The van der Waals surface area contributed by atoms with Crippen LogP contribution in [0, 0.1) is 23.0 Å². The minimum Gasteiger partial charge on any atom is -0.624 e. The Kier molecular flexibility index (Phi) is 28.9. The number of benzene rings is 2. The molecule has 2 saturated heterocycles. The third-order valence-corrected chi connectivity index (χ3v) is 9.91. The molecular formula is C45H68N5O13-. The molecule has 3 aliphatic heterocycles. The van der Waals surface area contributed by atoms with Crippen LogP contribution in [0.3, 0.4) is 0 Å². The molecule has 6 rings (SSSR count). The Labute approximate surface area is 371 Å². The molecule has 0 radical (unpaired) electrons. The average molecular weight is 887 g/mol.